The average molecular weight is 228 g/mol. The molecule has 3 atom stereocenters. The SMILES string of the molecule is CC(CCN)C(=O)N1CCC(C(=O)O)C1C. The normalized spacial score (nSPS) is 26.8. The first kappa shape index (κ1) is 13.0. The molecule has 16 heavy (non-hydrogen) atoms. The van der Waals surface area contributed by atoms with Gasteiger partial charge < -0.3 is 15.7 Å². The van der Waals surface area contributed by atoms with Gasteiger partial charge in [-0.05, 0) is 26.3 Å². The van der Waals surface area contributed by atoms with Gasteiger partial charge >= 0.3 is 5.97 Å². The van der Waals surface area contributed by atoms with Crippen LogP contribution in [-0.4, -0.2) is 41.0 Å². The Bertz CT molecular complexity index is 280. The number of carbonyl (C=O) groups excluding carboxylic acids is 1. The number of rotatable bonds is 4. The van der Waals surface area contributed by atoms with Gasteiger partial charge in [0.05, 0.1) is 5.92 Å². The molecule has 0 bridgehead atoms. The number of nitrogens with zero attached hydrogens (tertiary/aromatic N) is 1. The molecule has 1 aliphatic rings. The maximum absolute atomic E-state index is 12.0. The lowest BCUT2D eigenvalue weighted by molar-refractivity contribution is -0.143. The highest BCUT2D eigenvalue weighted by Crippen LogP contribution is 2.26. The summed E-state index contributed by atoms with van der Waals surface area (Å²) in [5, 5.41) is 8.97. The number of aliphatic carboxylic acids is 1. The molecule has 0 aliphatic carbocycles. The zero-order valence-corrected chi connectivity index (χ0v) is 9.85. The van der Waals surface area contributed by atoms with Gasteiger partial charge in [-0.15, -0.1) is 0 Å². The van der Waals surface area contributed by atoms with E-state index in [-0.39, 0.29) is 17.9 Å². The topological polar surface area (TPSA) is 83.6 Å². The summed E-state index contributed by atoms with van der Waals surface area (Å²) in [5.74, 6) is -1.31. The first-order valence-electron chi connectivity index (χ1n) is 5.72. The second-order valence-electron chi connectivity index (χ2n) is 4.48. The fourth-order valence-electron chi connectivity index (χ4n) is 2.24. The Morgan fingerprint density at radius 1 is 1.56 bits per heavy atom. The van der Waals surface area contributed by atoms with E-state index in [1.807, 2.05) is 6.92 Å². The number of hydrogen-bond donors (Lipinski definition) is 2. The third kappa shape index (κ3) is 2.52. The van der Waals surface area contributed by atoms with E-state index in [1.165, 1.54) is 0 Å². The molecule has 5 heteroatoms. The van der Waals surface area contributed by atoms with E-state index in [4.69, 9.17) is 10.8 Å². The van der Waals surface area contributed by atoms with Crippen LogP contribution in [-0.2, 0) is 9.59 Å². The number of carboxylic acid groups (broad SMARTS) is 1. The lowest BCUT2D eigenvalue weighted by atomic mass is 10.0. The van der Waals surface area contributed by atoms with Crippen LogP contribution in [0.3, 0.4) is 0 Å². The Morgan fingerprint density at radius 3 is 2.62 bits per heavy atom. The summed E-state index contributed by atoms with van der Waals surface area (Å²) in [6.07, 6.45) is 1.21. The van der Waals surface area contributed by atoms with E-state index >= 15 is 0 Å². The molecule has 0 aromatic carbocycles. The molecule has 0 aromatic rings. The molecular formula is C11H20N2O3. The minimum absolute atomic E-state index is 0.0294. The highest BCUT2D eigenvalue weighted by atomic mass is 16.4. The van der Waals surface area contributed by atoms with Gasteiger partial charge in [-0.25, -0.2) is 0 Å². The fourth-order valence-corrected chi connectivity index (χ4v) is 2.24. The van der Waals surface area contributed by atoms with Crippen molar-refractivity contribution in [1.82, 2.24) is 4.90 Å². The molecule has 0 saturated carbocycles. The van der Waals surface area contributed by atoms with Crippen LogP contribution in [0.1, 0.15) is 26.7 Å². The molecule has 1 saturated heterocycles. The van der Waals surface area contributed by atoms with Crippen LogP contribution >= 0.6 is 0 Å². The summed E-state index contributed by atoms with van der Waals surface area (Å²) >= 11 is 0. The monoisotopic (exact) mass is 228 g/mol. The van der Waals surface area contributed by atoms with Gasteiger partial charge in [0.15, 0.2) is 0 Å². The number of carbonyl (C=O) groups is 2. The molecular weight excluding hydrogens is 208 g/mol. The van der Waals surface area contributed by atoms with Gasteiger partial charge in [0.25, 0.3) is 0 Å². The molecule has 0 radical (unpaired) electrons. The summed E-state index contributed by atoms with van der Waals surface area (Å²) in [7, 11) is 0. The van der Waals surface area contributed by atoms with Crippen LogP contribution in [0.4, 0.5) is 0 Å². The third-order valence-corrected chi connectivity index (χ3v) is 3.38. The molecule has 5 nitrogen and oxygen atoms in total. The summed E-state index contributed by atoms with van der Waals surface area (Å²) < 4.78 is 0. The number of carboxylic acids is 1. The molecule has 1 amide bonds. The number of nitrogens with two attached hydrogens (primary N) is 1. The van der Waals surface area contributed by atoms with E-state index in [1.54, 1.807) is 11.8 Å². The Kier molecular flexibility index (Phi) is 4.29. The van der Waals surface area contributed by atoms with Gasteiger partial charge in [0.2, 0.25) is 5.91 Å². The fraction of sp³-hybridized carbons (Fsp3) is 0.818. The Balaban J connectivity index is 2.62. The van der Waals surface area contributed by atoms with Gasteiger partial charge in [-0.2, -0.15) is 0 Å². The van der Waals surface area contributed by atoms with Crippen molar-refractivity contribution >= 4 is 11.9 Å². The lowest BCUT2D eigenvalue weighted by Gasteiger charge is -2.26. The smallest absolute Gasteiger partial charge is 0.308 e. The third-order valence-electron chi connectivity index (χ3n) is 3.38. The van der Waals surface area contributed by atoms with Crippen molar-refractivity contribution in [2.45, 2.75) is 32.7 Å². The predicted molar refractivity (Wildman–Crippen MR) is 59.8 cm³/mol. The lowest BCUT2D eigenvalue weighted by Crippen LogP contribution is -2.40. The van der Waals surface area contributed by atoms with Crippen LogP contribution in [0.5, 0.6) is 0 Å². The summed E-state index contributed by atoms with van der Waals surface area (Å²) in [5.41, 5.74) is 5.41. The van der Waals surface area contributed by atoms with Crippen molar-refractivity contribution in [1.29, 1.82) is 0 Å². The van der Waals surface area contributed by atoms with Crippen molar-refractivity contribution in [3.8, 4) is 0 Å². The maximum atomic E-state index is 12.0. The van der Waals surface area contributed by atoms with E-state index in [0.717, 1.165) is 0 Å². The van der Waals surface area contributed by atoms with Gasteiger partial charge in [0.1, 0.15) is 0 Å². The number of likely N-dealkylation sites (tertiary alicyclic amines) is 1. The number of hydrogen-bond acceptors (Lipinski definition) is 3. The van der Waals surface area contributed by atoms with E-state index in [0.29, 0.717) is 25.9 Å². The van der Waals surface area contributed by atoms with Gasteiger partial charge in [0, 0.05) is 18.5 Å². The highest BCUT2D eigenvalue weighted by molar-refractivity contribution is 5.81. The van der Waals surface area contributed by atoms with Crippen molar-refractivity contribution in [3.05, 3.63) is 0 Å². The minimum Gasteiger partial charge on any atom is -0.481 e. The zero-order valence-electron chi connectivity index (χ0n) is 9.85. The Morgan fingerprint density at radius 2 is 2.19 bits per heavy atom. The second kappa shape index (κ2) is 5.30. The molecule has 3 N–H and O–H groups in total. The molecule has 1 aliphatic heterocycles. The van der Waals surface area contributed by atoms with Crippen molar-refractivity contribution < 1.29 is 14.7 Å². The summed E-state index contributed by atoms with van der Waals surface area (Å²) in [6.45, 7) is 4.68. The zero-order chi connectivity index (χ0) is 12.3. The van der Waals surface area contributed by atoms with Crippen molar-refractivity contribution in [2.75, 3.05) is 13.1 Å². The van der Waals surface area contributed by atoms with Crippen LogP contribution < -0.4 is 5.73 Å². The highest BCUT2D eigenvalue weighted by Gasteiger charge is 2.38. The molecule has 1 rings (SSSR count). The molecule has 92 valence electrons. The van der Waals surface area contributed by atoms with E-state index in [9.17, 15) is 9.59 Å². The first-order valence-corrected chi connectivity index (χ1v) is 5.72. The summed E-state index contributed by atoms with van der Waals surface area (Å²) in [6, 6.07) is -0.203. The van der Waals surface area contributed by atoms with Crippen LogP contribution in [0, 0.1) is 11.8 Å². The second-order valence-corrected chi connectivity index (χ2v) is 4.48. The molecule has 1 heterocycles. The van der Waals surface area contributed by atoms with Crippen LogP contribution in [0.25, 0.3) is 0 Å². The van der Waals surface area contributed by atoms with E-state index < -0.39 is 11.9 Å². The quantitative estimate of drug-likeness (QED) is 0.724. The molecule has 0 spiro atoms. The Hall–Kier alpha value is -1.10. The van der Waals surface area contributed by atoms with Crippen LogP contribution in [0.2, 0.25) is 0 Å². The van der Waals surface area contributed by atoms with Gasteiger partial charge in [-0.1, -0.05) is 6.92 Å². The molecule has 1 fully saturated rings. The first-order chi connectivity index (χ1) is 7.49. The standard InChI is InChI=1S/C11H20N2O3/c1-7(3-5-12)10(14)13-6-4-9(8(13)2)11(15)16/h7-9H,3-6,12H2,1-2H3,(H,15,16). The summed E-state index contributed by atoms with van der Waals surface area (Å²) in [4.78, 5) is 24.6. The molecule has 3 unspecified atom stereocenters. The molecule has 0 aromatic heterocycles. The largest absolute Gasteiger partial charge is 0.481 e. The van der Waals surface area contributed by atoms with Gasteiger partial charge in [-0.3, -0.25) is 9.59 Å². The Labute approximate surface area is 95.6 Å². The van der Waals surface area contributed by atoms with Crippen LogP contribution in [0.15, 0.2) is 0 Å². The maximum Gasteiger partial charge on any atom is 0.308 e. The predicted octanol–water partition coefficient (Wildman–Crippen LogP) is 0.293. The average Bonchev–Trinajstić information content (AvgIpc) is 2.59. The van der Waals surface area contributed by atoms with E-state index in [2.05, 4.69) is 0 Å². The number of amides is 1. The minimum atomic E-state index is -0.811. The van der Waals surface area contributed by atoms with Crippen molar-refractivity contribution in [3.63, 3.8) is 0 Å². The van der Waals surface area contributed by atoms with Crippen molar-refractivity contribution in [2.24, 2.45) is 17.6 Å².